The number of hydrogen-bond donors (Lipinski definition) is 0. The molecule has 1 aromatic carbocycles. The Kier molecular flexibility index (Phi) is 3.44. The van der Waals surface area contributed by atoms with Crippen LogP contribution < -0.4 is 0 Å². The van der Waals surface area contributed by atoms with Crippen molar-refractivity contribution in [3.8, 4) is 0 Å². The molecular formula is C17H23NO3. The van der Waals surface area contributed by atoms with Crippen molar-refractivity contribution in [3.05, 3.63) is 35.4 Å². The molecule has 3 unspecified atom stereocenters. The third-order valence-corrected chi connectivity index (χ3v) is 4.03. The van der Waals surface area contributed by atoms with E-state index in [1.54, 1.807) is 0 Å². The molecule has 1 amide bonds. The third kappa shape index (κ3) is 2.91. The predicted octanol–water partition coefficient (Wildman–Crippen LogP) is 3.44. The molecular weight excluding hydrogens is 266 g/mol. The Morgan fingerprint density at radius 3 is 2.52 bits per heavy atom. The van der Waals surface area contributed by atoms with E-state index in [0.29, 0.717) is 6.54 Å². The summed E-state index contributed by atoms with van der Waals surface area (Å²) in [5.41, 5.74) is 1.91. The molecule has 0 N–H and O–H groups in total. The topological polar surface area (TPSA) is 38.8 Å². The van der Waals surface area contributed by atoms with Crippen molar-refractivity contribution in [2.45, 2.75) is 58.0 Å². The van der Waals surface area contributed by atoms with Gasteiger partial charge in [0.05, 0.1) is 18.7 Å². The monoisotopic (exact) mass is 289 g/mol. The first-order chi connectivity index (χ1) is 9.83. The van der Waals surface area contributed by atoms with Crippen LogP contribution in [0.4, 0.5) is 4.79 Å². The fraction of sp³-hybridized carbons (Fsp3) is 0.588. The largest absolute Gasteiger partial charge is 0.444 e. The summed E-state index contributed by atoms with van der Waals surface area (Å²) in [5, 5.41) is 0. The van der Waals surface area contributed by atoms with E-state index in [0.717, 1.165) is 12.0 Å². The van der Waals surface area contributed by atoms with Gasteiger partial charge in [-0.25, -0.2) is 4.79 Å². The van der Waals surface area contributed by atoms with Crippen molar-refractivity contribution in [2.24, 2.45) is 0 Å². The van der Waals surface area contributed by atoms with Gasteiger partial charge in [0.1, 0.15) is 11.7 Å². The summed E-state index contributed by atoms with van der Waals surface area (Å²) >= 11 is 0. The van der Waals surface area contributed by atoms with Gasteiger partial charge in [-0.1, -0.05) is 29.8 Å². The van der Waals surface area contributed by atoms with Crippen LogP contribution in [-0.4, -0.2) is 35.3 Å². The third-order valence-electron chi connectivity index (χ3n) is 4.03. The van der Waals surface area contributed by atoms with E-state index in [9.17, 15) is 4.79 Å². The second-order valence-electron chi connectivity index (χ2n) is 7.03. The zero-order chi connectivity index (χ0) is 15.2. The lowest BCUT2D eigenvalue weighted by Crippen LogP contribution is -2.45. The van der Waals surface area contributed by atoms with E-state index in [-0.39, 0.29) is 24.3 Å². The summed E-state index contributed by atoms with van der Waals surface area (Å²) < 4.78 is 11.6. The van der Waals surface area contributed by atoms with Crippen LogP contribution in [0, 0.1) is 6.92 Å². The van der Waals surface area contributed by atoms with E-state index in [1.807, 2.05) is 25.7 Å². The molecule has 0 aromatic heterocycles. The molecule has 2 aliphatic heterocycles. The van der Waals surface area contributed by atoms with Gasteiger partial charge in [0.25, 0.3) is 0 Å². The highest BCUT2D eigenvalue weighted by atomic mass is 16.6. The zero-order valence-electron chi connectivity index (χ0n) is 13.1. The van der Waals surface area contributed by atoms with E-state index < -0.39 is 5.60 Å². The quantitative estimate of drug-likeness (QED) is 0.795. The Labute approximate surface area is 126 Å². The number of rotatable bonds is 1. The van der Waals surface area contributed by atoms with Crippen molar-refractivity contribution in [1.29, 1.82) is 0 Å². The van der Waals surface area contributed by atoms with E-state index in [4.69, 9.17) is 9.47 Å². The van der Waals surface area contributed by atoms with Crippen molar-refractivity contribution < 1.29 is 14.3 Å². The molecule has 3 atom stereocenters. The molecule has 4 heteroatoms. The Bertz CT molecular complexity index is 532. The summed E-state index contributed by atoms with van der Waals surface area (Å²) in [5.74, 6) is 0. The van der Waals surface area contributed by atoms with Crippen molar-refractivity contribution in [2.75, 3.05) is 6.54 Å². The summed E-state index contributed by atoms with van der Waals surface area (Å²) in [7, 11) is 0. The van der Waals surface area contributed by atoms with Gasteiger partial charge in [0.15, 0.2) is 0 Å². The van der Waals surface area contributed by atoms with E-state index >= 15 is 0 Å². The maximum atomic E-state index is 12.3. The Morgan fingerprint density at radius 2 is 1.95 bits per heavy atom. The number of fused-ring (bicyclic) bond motifs is 2. The van der Waals surface area contributed by atoms with Gasteiger partial charge >= 0.3 is 6.09 Å². The van der Waals surface area contributed by atoms with Crippen LogP contribution in [0.5, 0.6) is 0 Å². The van der Waals surface area contributed by atoms with Crippen LogP contribution in [0.15, 0.2) is 24.3 Å². The Hall–Kier alpha value is -1.55. The van der Waals surface area contributed by atoms with Crippen LogP contribution in [0.2, 0.25) is 0 Å². The Morgan fingerprint density at radius 1 is 1.29 bits per heavy atom. The highest BCUT2D eigenvalue weighted by Crippen LogP contribution is 2.42. The number of hydrogen-bond acceptors (Lipinski definition) is 3. The molecule has 0 aliphatic carbocycles. The number of aryl methyl sites for hydroxylation is 1. The van der Waals surface area contributed by atoms with Gasteiger partial charge in [0.2, 0.25) is 0 Å². The zero-order valence-corrected chi connectivity index (χ0v) is 13.1. The fourth-order valence-electron chi connectivity index (χ4n) is 3.10. The first-order valence-electron chi connectivity index (χ1n) is 7.55. The van der Waals surface area contributed by atoms with Gasteiger partial charge in [-0.2, -0.15) is 0 Å². The molecule has 0 spiro atoms. The molecule has 21 heavy (non-hydrogen) atoms. The number of morpholine rings is 1. The van der Waals surface area contributed by atoms with Crippen LogP contribution in [-0.2, 0) is 9.47 Å². The van der Waals surface area contributed by atoms with Gasteiger partial charge in [-0.15, -0.1) is 0 Å². The van der Waals surface area contributed by atoms with Crippen LogP contribution in [0.25, 0.3) is 0 Å². The first-order valence-corrected chi connectivity index (χ1v) is 7.55. The molecule has 114 valence electrons. The highest BCUT2D eigenvalue weighted by Gasteiger charge is 2.49. The molecule has 4 nitrogen and oxygen atoms in total. The van der Waals surface area contributed by atoms with Crippen LogP contribution >= 0.6 is 0 Å². The van der Waals surface area contributed by atoms with Crippen LogP contribution in [0.3, 0.4) is 0 Å². The first kappa shape index (κ1) is 14.4. The molecule has 0 saturated carbocycles. The lowest BCUT2D eigenvalue weighted by Gasteiger charge is -2.34. The number of likely N-dealkylation sites (tertiary alicyclic amines) is 1. The average molecular weight is 289 g/mol. The van der Waals surface area contributed by atoms with Gasteiger partial charge in [-0.05, 0) is 39.7 Å². The maximum absolute atomic E-state index is 12.3. The summed E-state index contributed by atoms with van der Waals surface area (Å²) in [6.45, 7) is 8.40. The number of ether oxygens (including phenoxy) is 2. The molecule has 1 aromatic rings. The molecule has 2 heterocycles. The van der Waals surface area contributed by atoms with Gasteiger partial charge in [0, 0.05) is 0 Å². The summed E-state index contributed by atoms with van der Waals surface area (Å²) in [6.07, 6.45) is 0.777. The summed E-state index contributed by atoms with van der Waals surface area (Å²) in [6, 6.07) is 8.44. The second-order valence-corrected chi connectivity index (χ2v) is 7.03. The Balaban J connectivity index is 1.75. The van der Waals surface area contributed by atoms with Gasteiger partial charge < -0.3 is 9.47 Å². The van der Waals surface area contributed by atoms with E-state index in [1.165, 1.54) is 5.56 Å². The number of nitrogens with zero attached hydrogens (tertiary/aromatic N) is 1. The maximum Gasteiger partial charge on any atom is 0.410 e. The minimum Gasteiger partial charge on any atom is -0.444 e. The molecule has 0 radical (unpaired) electrons. The molecule has 2 aliphatic rings. The van der Waals surface area contributed by atoms with Crippen molar-refractivity contribution >= 4 is 6.09 Å². The molecule has 2 bridgehead atoms. The normalized spacial score (nSPS) is 28.0. The lowest BCUT2D eigenvalue weighted by molar-refractivity contribution is -0.0467. The standard InChI is InChI=1S/C17H23NO3/c1-11-5-7-12(8-6-11)15-14-9-13(20-15)10-18(14)16(19)21-17(2,3)4/h5-8,13-15H,9-10H2,1-4H3. The fourth-order valence-corrected chi connectivity index (χ4v) is 3.10. The number of carbonyl (C=O) groups excluding carboxylic acids is 1. The highest BCUT2D eigenvalue weighted by molar-refractivity contribution is 5.69. The second kappa shape index (κ2) is 5.02. The van der Waals surface area contributed by atoms with Gasteiger partial charge in [-0.3, -0.25) is 4.90 Å². The van der Waals surface area contributed by atoms with E-state index in [2.05, 4.69) is 31.2 Å². The van der Waals surface area contributed by atoms with Crippen LogP contribution in [0.1, 0.15) is 44.4 Å². The SMILES string of the molecule is Cc1ccc(C2OC3CC2N(C(=O)OC(C)(C)C)C3)cc1. The summed E-state index contributed by atoms with van der Waals surface area (Å²) in [4.78, 5) is 14.2. The molecule has 2 saturated heterocycles. The lowest BCUT2D eigenvalue weighted by atomic mass is 10.0. The molecule has 3 rings (SSSR count). The minimum atomic E-state index is -0.459. The predicted molar refractivity (Wildman–Crippen MR) is 80.1 cm³/mol. The number of carbonyl (C=O) groups is 1. The minimum absolute atomic E-state index is 0.0307. The molecule has 2 fully saturated rings. The number of amides is 1. The average Bonchev–Trinajstić information content (AvgIpc) is 2.97. The number of benzene rings is 1. The van der Waals surface area contributed by atoms with Crippen molar-refractivity contribution in [1.82, 2.24) is 4.90 Å². The smallest absolute Gasteiger partial charge is 0.410 e. The van der Waals surface area contributed by atoms with Crippen molar-refractivity contribution in [3.63, 3.8) is 0 Å².